The number of carbonyl (C=O) groups excluding carboxylic acids is 1. The van der Waals surface area contributed by atoms with Crippen molar-refractivity contribution in [1.82, 2.24) is 9.47 Å². The standard InChI is InChI=1S/C16H15ClN2O/c1-18-11-14(17)9-15(18)16(20)19-8-7-13(10-19)12-5-3-2-4-6-12/h2-7,9,11H,8,10H2,1H3. The van der Waals surface area contributed by atoms with Gasteiger partial charge >= 0.3 is 0 Å². The molecule has 20 heavy (non-hydrogen) atoms. The molecule has 3 nitrogen and oxygen atoms in total. The zero-order valence-corrected chi connectivity index (χ0v) is 12.0. The van der Waals surface area contributed by atoms with Crippen molar-refractivity contribution >= 4 is 23.1 Å². The molecular weight excluding hydrogens is 272 g/mol. The van der Waals surface area contributed by atoms with Crippen LogP contribution in [0.2, 0.25) is 5.02 Å². The highest BCUT2D eigenvalue weighted by atomic mass is 35.5. The van der Waals surface area contributed by atoms with E-state index in [1.54, 1.807) is 16.8 Å². The minimum absolute atomic E-state index is 0.0154. The molecule has 0 atom stereocenters. The van der Waals surface area contributed by atoms with Gasteiger partial charge in [-0.25, -0.2) is 0 Å². The van der Waals surface area contributed by atoms with Gasteiger partial charge in [0.25, 0.3) is 5.91 Å². The van der Waals surface area contributed by atoms with Gasteiger partial charge in [-0.15, -0.1) is 0 Å². The number of nitrogens with zero attached hydrogens (tertiary/aromatic N) is 2. The van der Waals surface area contributed by atoms with Crippen LogP contribution in [0.15, 0.2) is 48.7 Å². The lowest BCUT2D eigenvalue weighted by Crippen LogP contribution is -2.30. The van der Waals surface area contributed by atoms with Crippen LogP contribution < -0.4 is 0 Å². The quantitative estimate of drug-likeness (QED) is 0.832. The van der Waals surface area contributed by atoms with Crippen molar-refractivity contribution in [3.05, 3.63) is 65.0 Å². The van der Waals surface area contributed by atoms with E-state index in [1.807, 2.05) is 30.1 Å². The van der Waals surface area contributed by atoms with Crippen LogP contribution in [0, 0.1) is 0 Å². The molecule has 0 fully saturated rings. The van der Waals surface area contributed by atoms with Crippen molar-refractivity contribution in [2.45, 2.75) is 0 Å². The number of carbonyl (C=O) groups is 1. The molecule has 1 aliphatic heterocycles. The summed E-state index contributed by atoms with van der Waals surface area (Å²) in [6.07, 6.45) is 3.86. The predicted octanol–water partition coefficient (Wildman–Crippen LogP) is 3.22. The fraction of sp³-hybridized carbons (Fsp3) is 0.188. The van der Waals surface area contributed by atoms with Crippen LogP contribution in [0.4, 0.5) is 0 Å². The average molecular weight is 287 g/mol. The van der Waals surface area contributed by atoms with Crippen LogP contribution in [0.25, 0.3) is 5.57 Å². The normalized spacial score (nSPS) is 14.5. The van der Waals surface area contributed by atoms with Gasteiger partial charge in [0.15, 0.2) is 0 Å². The summed E-state index contributed by atoms with van der Waals surface area (Å²) in [5.74, 6) is 0.0154. The van der Waals surface area contributed by atoms with Crippen molar-refractivity contribution in [1.29, 1.82) is 0 Å². The van der Waals surface area contributed by atoms with Crippen LogP contribution in [0.1, 0.15) is 16.1 Å². The van der Waals surface area contributed by atoms with Crippen molar-refractivity contribution in [3.63, 3.8) is 0 Å². The predicted molar refractivity (Wildman–Crippen MR) is 80.7 cm³/mol. The maximum absolute atomic E-state index is 12.5. The number of benzene rings is 1. The second kappa shape index (κ2) is 5.17. The van der Waals surface area contributed by atoms with E-state index >= 15 is 0 Å². The van der Waals surface area contributed by atoms with E-state index in [-0.39, 0.29) is 5.91 Å². The molecule has 4 heteroatoms. The molecule has 1 amide bonds. The molecule has 0 radical (unpaired) electrons. The molecule has 2 heterocycles. The van der Waals surface area contributed by atoms with E-state index in [9.17, 15) is 4.79 Å². The molecule has 0 saturated heterocycles. The van der Waals surface area contributed by atoms with Crippen molar-refractivity contribution in [2.24, 2.45) is 7.05 Å². The molecule has 1 aromatic heterocycles. The topological polar surface area (TPSA) is 25.2 Å². The second-order valence-corrected chi connectivity index (χ2v) is 5.37. The zero-order valence-electron chi connectivity index (χ0n) is 11.2. The first-order valence-corrected chi connectivity index (χ1v) is 6.88. The summed E-state index contributed by atoms with van der Waals surface area (Å²) in [6, 6.07) is 11.9. The van der Waals surface area contributed by atoms with Crippen LogP contribution in [0.3, 0.4) is 0 Å². The number of aryl methyl sites for hydroxylation is 1. The molecule has 0 aliphatic carbocycles. The number of hydrogen-bond donors (Lipinski definition) is 0. The van der Waals surface area contributed by atoms with Crippen LogP contribution >= 0.6 is 11.6 Å². The Balaban J connectivity index is 1.76. The van der Waals surface area contributed by atoms with Crippen molar-refractivity contribution < 1.29 is 4.79 Å². The molecule has 0 unspecified atom stereocenters. The Bertz CT molecular complexity index is 673. The average Bonchev–Trinajstić information content (AvgIpc) is 3.06. The maximum Gasteiger partial charge on any atom is 0.271 e. The summed E-state index contributed by atoms with van der Waals surface area (Å²) in [4.78, 5) is 14.3. The Labute approximate surface area is 123 Å². The van der Waals surface area contributed by atoms with Gasteiger partial charge in [-0.2, -0.15) is 0 Å². The van der Waals surface area contributed by atoms with Gasteiger partial charge in [0.05, 0.1) is 5.02 Å². The van der Waals surface area contributed by atoms with E-state index in [0.29, 0.717) is 23.8 Å². The molecule has 0 spiro atoms. The fourth-order valence-electron chi connectivity index (χ4n) is 2.47. The first-order chi connectivity index (χ1) is 9.65. The van der Waals surface area contributed by atoms with Gasteiger partial charge in [-0.05, 0) is 17.2 Å². The van der Waals surface area contributed by atoms with Gasteiger partial charge in [0, 0.05) is 26.3 Å². The molecule has 0 saturated carbocycles. The maximum atomic E-state index is 12.5. The lowest BCUT2D eigenvalue weighted by Gasteiger charge is -2.16. The smallest absolute Gasteiger partial charge is 0.271 e. The van der Waals surface area contributed by atoms with Gasteiger partial charge in [0.2, 0.25) is 0 Å². The summed E-state index contributed by atoms with van der Waals surface area (Å²) in [7, 11) is 1.83. The number of aromatic nitrogens is 1. The Morgan fingerprint density at radius 2 is 2.00 bits per heavy atom. The highest BCUT2D eigenvalue weighted by Crippen LogP contribution is 2.23. The first-order valence-electron chi connectivity index (χ1n) is 6.51. The van der Waals surface area contributed by atoms with Gasteiger partial charge in [-0.3, -0.25) is 4.79 Å². The summed E-state index contributed by atoms with van der Waals surface area (Å²) < 4.78 is 1.77. The second-order valence-electron chi connectivity index (χ2n) is 4.94. The van der Waals surface area contributed by atoms with E-state index in [2.05, 4.69) is 18.2 Å². The Morgan fingerprint density at radius 3 is 2.65 bits per heavy atom. The highest BCUT2D eigenvalue weighted by Gasteiger charge is 2.23. The number of amides is 1. The van der Waals surface area contributed by atoms with Crippen molar-refractivity contribution in [3.8, 4) is 0 Å². The van der Waals surface area contributed by atoms with Crippen LogP contribution in [0.5, 0.6) is 0 Å². The minimum Gasteiger partial charge on any atom is -0.345 e. The summed E-state index contributed by atoms with van der Waals surface area (Å²) in [5.41, 5.74) is 2.99. The summed E-state index contributed by atoms with van der Waals surface area (Å²) in [6.45, 7) is 1.29. The third kappa shape index (κ3) is 2.37. The summed E-state index contributed by atoms with van der Waals surface area (Å²) in [5, 5.41) is 0.589. The number of halogens is 1. The Kier molecular flexibility index (Phi) is 3.36. The van der Waals surface area contributed by atoms with Gasteiger partial charge < -0.3 is 9.47 Å². The number of rotatable bonds is 2. The lowest BCUT2D eigenvalue weighted by atomic mass is 10.1. The molecule has 1 aliphatic rings. The monoisotopic (exact) mass is 286 g/mol. The first kappa shape index (κ1) is 13.0. The van der Waals surface area contributed by atoms with Gasteiger partial charge in [0.1, 0.15) is 5.69 Å². The molecular formula is C16H15ClN2O. The van der Waals surface area contributed by atoms with Crippen LogP contribution in [-0.4, -0.2) is 28.5 Å². The Morgan fingerprint density at radius 1 is 1.25 bits per heavy atom. The molecule has 2 aromatic rings. The van der Waals surface area contributed by atoms with E-state index in [4.69, 9.17) is 11.6 Å². The SMILES string of the molecule is Cn1cc(Cl)cc1C(=O)N1CC=C(c2ccccc2)C1. The van der Waals surface area contributed by atoms with Crippen LogP contribution in [-0.2, 0) is 7.05 Å². The largest absolute Gasteiger partial charge is 0.345 e. The summed E-state index contributed by atoms with van der Waals surface area (Å²) >= 11 is 5.94. The highest BCUT2D eigenvalue weighted by molar-refractivity contribution is 6.31. The van der Waals surface area contributed by atoms with E-state index in [1.165, 1.54) is 11.1 Å². The van der Waals surface area contributed by atoms with Crippen molar-refractivity contribution in [2.75, 3.05) is 13.1 Å². The number of hydrogen-bond acceptors (Lipinski definition) is 1. The molecule has 1 aromatic carbocycles. The van der Waals surface area contributed by atoms with E-state index in [0.717, 1.165) is 0 Å². The van der Waals surface area contributed by atoms with E-state index < -0.39 is 0 Å². The fourth-order valence-corrected chi connectivity index (χ4v) is 2.72. The molecule has 0 N–H and O–H groups in total. The molecule has 102 valence electrons. The minimum atomic E-state index is 0.0154. The third-order valence-electron chi connectivity index (χ3n) is 3.54. The third-order valence-corrected chi connectivity index (χ3v) is 3.75. The lowest BCUT2D eigenvalue weighted by molar-refractivity contribution is 0.0792. The zero-order chi connectivity index (χ0) is 14.1. The molecule has 3 rings (SSSR count). The Hall–Kier alpha value is -2.00. The molecule has 0 bridgehead atoms. The van der Waals surface area contributed by atoms with Gasteiger partial charge in [-0.1, -0.05) is 48.0 Å².